The lowest BCUT2D eigenvalue weighted by molar-refractivity contribution is 0.102. The highest BCUT2D eigenvalue weighted by atomic mass is 32.1. The molecule has 4 rings (SSSR count). The van der Waals surface area contributed by atoms with Gasteiger partial charge in [-0.15, -0.1) is 0 Å². The molecule has 1 aromatic heterocycles. The molecule has 0 bridgehead atoms. The summed E-state index contributed by atoms with van der Waals surface area (Å²) in [7, 11) is 3.06. The van der Waals surface area contributed by atoms with Crippen LogP contribution in [0.4, 0.5) is 5.69 Å². The highest BCUT2D eigenvalue weighted by molar-refractivity contribution is 7.71. The Hall–Kier alpha value is -4.11. The number of H-pyrrole nitrogens is 1. The van der Waals surface area contributed by atoms with E-state index in [0.717, 1.165) is 5.75 Å². The number of methoxy groups -OCH3 is 2. The van der Waals surface area contributed by atoms with Crippen molar-refractivity contribution in [2.45, 2.75) is 6.92 Å². The van der Waals surface area contributed by atoms with Gasteiger partial charge in [0.05, 0.1) is 37.4 Å². The first kappa shape index (κ1) is 23.1. The van der Waals surface area contributed by atoms with Crippen LogP contribution >= 0.6 is 12.2 Å². The van der Waals surface area contributed by atoms with Gasteiger partial charge in [-0.2, -0.15) is 0 Å². The lowest BCUT2D eigenvalue weighted by atomic mass is 10.1. The quantitative estimate of drug-likeness (QED) is 0.374. The van der Waals surface area contributed by atoms with E-state index in [9.17, 15) is 9.59 Å². The fourth-order valence-corrected chi connectivity index (χ4v) is 3.86. The molecule has 0 saturated carbocycles. The van der Waals surface area contributed by atoms with Crippen molar-refractivity contribution < 1.29 is 19.0 Å². The second-order valence-electron chi connectivity index (χ2n) is 7.28. The summed E-state index contributed by atoms with van der Waals surface area (Å²) in [6.07, 6.45) is 0. The summed E-state index contributed by atoms with van der Waals surface area (Å²) >= 11 is 5.46. The van der Waals surface area contributed by atoms with Crippen LogP contribution in [0.2, 0.25) is 0 Å². The maximum absolute atomic E-state index is 13.3. The number of nitrogens with zero attached hydrogens (tertiary/aromatic N) is 1. The van der Waals surface area contributed by atoms with E-state index in [4.69, 9.17) is 26.4 Å². The number of aromatic nitrogens is 2. The summed E-state index contributed by atoms with van der Waals surface area (Å²) in [6.45, 7) is 2.47. The van der Waals surface area contributed by atoms with Gasteiger partial charge in [-0.05, 0) is 73.7 Å². The minimum atomic E-state index is -0.315. The van der Waals surface area contributed by atoms with Crippen LogP contribution in [0.5, 0.6) is 17.2 Å². The number of hydrogen-bond donors (Lipinski definition) is 2. The smallest absolute Gasteiger partial charge is 0.266 e. The monoisotopic (exact) mass is 477 g/mol. The van der Waals surface area contributed by atoms with Crippen molar-refractivity contribution in [3.05, 3.63) is 81.4 Å². The Kier molecular flexibility index (Phi) is 6.65. The predicted molar refractivity (Wildman–Crippen MR) is 133 cm³/mol. The zero-order valence-corrected chi connectivity index (χ0v) is 19.7. The van der Waals surface area contributed by atoms with Crippen LogP contribution in [-0.4, -0.2) is 36.3 Å². The van der Waals surface area contributed by atoms with Crippen LogP contribution in [-0.2, 0) is 0 Å². The lowest BCUT2D eigenvalue weighted by Gasteiger charge is -2.12. The van der Waals surface area contributed by atoms with Crippen LogP contribution in [0.15, 0.2) is 65.5 Å². The number of carbonyl (C=O) groups is 1. The van der Waals surface area contributed by atoms with Crippen molar-refractivity contribution in [1.82, 2.24) is 9.55 Å². The number of nitrogens with one attached hydrogen (secondary N) is 2. The summed E-state index contributed by atoms with van der Waals surface area (Å²) in [5.74, 6) is 1.43. The second-order valence-corrected chi connectivity index (χ2v) is 7.67. The minimum Gasteiger partial charge on any atom is -0.494 e. The van der Waals surface area contributed by atoms with Gasteiger partial charge in [0.25, 0.3) is 11.5 Å². The van der Waals surface area contributed by atoms with Gasteiger partial charge < -0.3 is 24.5 Å². The lowest BCUT2D eigenvalue weighted by Crippen LogP contribution is -2.21. The molecule has 0 aliphatic heterocycles. The second kappa shape index (κ2) is 9.80. The van der Waals surface area contributed by atoms with E-state index in [-0.39, 0.29) is 16.2 Å². The van der Waals surface area contributed by atoms with Crippen molar-refractivity contribution in [2.24, 2.45) is 0 Å². The van der Waals surface area contributed by atoms with Crippen LogP contribution in [0.1, 0.15) is 17.3 Å². The molecule has 174 valence electrons. The van der Waals surface area contributed by atoms with Crippen molar-refractivity contribution in [2.75, 3.05) is 26.1 Å². The third-order valence-electron chi connectivity index (χ3n) is 5.21. The highest BCUT2D eigenvalue weighted by Crippen LogP contribution is 2.29. The Bertz CT molecular complexity index is 1480. The van der Waals surface area contributed by atoms with E-state index < -0.39 is 0 Å². The fraction of sp³-hybridized carbons (Fsp3) is 0.160. The number of anilines is 1. The largest absolute Gasteiger partial charge is 0.494 e. The van der Waals surface area contributed by atoms with Gasteiger partial charge in [0.15, 0.2) is 16.3 Å². The molecule has 0 spiro atoms. The molecule has 0 radical (unpaired) electrons. The topological polar surface area (TPSA) is 94.6 Å². The van der Waals surface area contributed by atoms with Crippen molar-refractivity contribution in [1.29, 1.82) is 0 Å². The zero-order valence-electron chi connectivity index (χ0n) is 18.9. The fourth-order valence-electron chi connectivity index (χ4n) is 3.56. The summed E-state index contributed by atoms with van der Waals surface area (Å²) in [4.78, 5) is 29.1. The molecule has 8 nitrogen and oxygen atoms in total. The van der Waals surface area contributed by atoms with E-state index in [1.54, 1.807) is 60.7 Å². The zero-order chi connectivity index (χ0) is 24.2. The summed E-state index contributed by atoms with van der Waals surface area (Å²) in [5.41, 5.74) is 1.69. The third kappa shape index (κ3) is 4.51. The summed E-state index contributed by atoms with van der Waals surface area (Å²) < 4.78 is 17.6. The Morgan fingerprint density at radius 2 is 1.74 bits per heavy atom. The number of aromatic amines is 1. The summed E-state index contributed by atoms with van der Waals surface area (Å²) in [5, 5.41) is 3.23. The van der Waals surface area contributed by atoms with E-state index in [2.05, 4.69) is 10.3 Å². The van der Waals surface area contributed by atoms with Crippen LogP contribution in [0.25, 0.3) is 16.6 Å². The molecule has 0 aliphatic carbocycles. The molecule has 0 fully saturated rings. The number of fused-ring (bicyclic) bond motifs is 1. The molecule has 34 heavy (non-hydrogen) atoms. The molecule has 3 aromatic carbocycles. The first-order chi connectivity index (χ1) is 16.4. The maximum Gasteiger partial charge on any atom is 0.266 e. The first-order valence-electron chi connectivity index (χ1n) is 10.5. The van der Waals surface area contributed by atoms with E-state index in [1.807, 2.05) is 6.92 Å². The normalized spacial score (nSPS) is 10.7. The molecule has 0 aliphatic rings. The highest BCUT2D eigenvalue weighted by Gasteiger charge is 2.13. The van der Waals surface area contributed by atoms with Crippen molar-refractivity contribution in [3.8, 4) is 22.9 Å². The molecule has 1 amide bonds. The Morgan fingerprint density at radius 3 is 2.41 bits per heavy atom. The van der Waals surface area contributed by atoms with E-state index in [0.29, 0.717) is 45.9 Å². The third-order valence-corrected chi connectivity index (χ3v) is 5.49. The van der Waals surface area contributed by atoms with E-state index in [1.165, 1.54) is 18.8 Å². The van der Waals surface area contributed by atoms with Gasteiger partial charge >= 0.3 is 0 Å². The Labute approximate surface area is 200 Å². The van der Waals surface area contributed by atoms with Gasteiger partial charge in [0.2, 0.25) is 0 Å². The van der Waals surface area contributed by atoms with Gasteiger partial charge in [-0.1, -0.05) is 0 Å². The maximum atomic E-state index is 13.3. The molecule has 1 heterocycles. The summed E-state index contributed by atoms with van der Waals surface area (Å²) in [6, 6.07) is 17.0. The number of hydrogen-bond acceptors (Lipinski definition) is 6. The van der Waals surface area contributed by atoms with Crippen LogP contribution in [0.3, 0.4) is 0 Å². The molecule has 9 heteroatoms. The standard InChI is InChI=1S/C25H23N3O5S/c1-4-33-18-9-6-16(7-10-18)26-23(29)15-5-11-19-20(13-15)27-25(34)28(24(19)30)17-8-12-21(31-2)22(14-17)32-3/h5-14H,4H2,1-3H3,(H,26,29)(H,27,34). The molecular weight excluding hydrogens is 454 g/mol. The van der Waals surface area contributed by atoms with Gasteiger partial charge in [0, 0.05) is 17.3 Å². The molecular formula is C25H23N3O5S. The number of rotatable bonds is 7. The van der Waals surface area contributed by atoms with Gasteiger partial charge in [-0.3, -0.25) is 14.2 Å². The van der Waals surface area contributed by atoms with Crippen LogP contribution in [0, 0.1) is 4.77 Å². The predicted octanol–water partition coefficient (Wildman–Crippen LogP) is 4.72. The molecule has 0 atom stereocenters. The Morgan fingerprint density at radius 1 is 1.00 bits per heavy atom. The first-order valence-corrected chi connectivity index (χ1v) is 10.9. The molecule has 2 N–H and O–H groups in total. The van der Waals surface area contributed by atoms with Crippen molar-refractivity contribution in [3.63, 3.8) is 0 Å². The molecule has 4 aromatic rings. The van der Waals surface area contributed by atoms with Crippen molar-refractivity contribution >= 4 is 34.7 Å². The van der Waals surface area contributed by atoms with Gasteiger partial charge in [-0.25, -0.2) is 0 Å². The SMILES string of the molecule is CCOc1ccc(NC(=O)c2ccc3c(=O)n(-c4ccc(OC)c(OC)c4)c(=S)[nH]c3c2)cc1. The average molecular weight is 478 g/mol. The number of carbonyl (C=O) groups excluding carboxylic acids is 1. The molecule has 0 unspecified atom stereocenters. The Balaban J connectivity index is 1.67. The minimum absolute atomic E-state index is 0.189. The number of amides is 1. The average Bonchev–Trinajstić information content (AvgIpc) is 2.84. The number of benzene rings is 3. The number of ether oxygens (including phenoxy) is 3. The van der Waals surface area contributed by atoms with Gasteiger partial charge in [0.1, 0.15) is 5.75 Å². The van der Waals surface area contributed by atoms with Crippen LogP contribution < -0.4 is 25.1 Å². The van der Waals surface area contributed by atoms with E-state index >= 15 is 0 Å². The molecule has 0 saturated heterocycles.